The summed E-state index contributed by atoms with van der Waals surface area (Å²) < 4.78 is 5.23. The number of hydrogen-bond donors (Lipinski definition) is 0. The molecule has 1 heterocycles. The second-order valence-electron chi connectivity index (χ2n) is 2.70. The van der Waals surface area contributed by atoms with Crippen molar-refractivity contribution in [1.29, 1.82) is 0 Å². The molecular formula is C10H9NO2. The molecule has 0 unspecified atom stereocenters. The van der Waals surface area contributed by atoms with Crippen LogP contribution in [0.2, 0.25) is 0 Å². The minimum atomic E-state index is -0.209. The first-order chi connectivity index (χ1) is 6.33. The van der Waals surface area contributed by atoms with Crippen molar-refractivity contribution in [2.24, 2.45) is 4.99 Å². The van der Waals surface area contributed by atoms with Crippen LogP contribution >= 0.6 is 0 Å². The lowest BCUT2D eigenvalue weighted by molar-refractivity contribution is 0.100. The summed E-state index contributed by atoms with van der Waals surface area (Å²) in [6.45, 7) is 2.40. The average Bonchev–Trinajstić information content (AvgIpc) is 2.46. The summed E-state index contributed by atoms with van der Waals surface area (Å²) in [5.74, 6) is 0.238. The van der Waals surface area contributed by atoms with Crippen molar-refractivity contribution in [2.75, 3.05) is 6.61 Å². The quantitative estimate of drug-likeness (QED) is 0.650. The molecule has 0 fully saturated rings. The summed E-state index contributed by atoms with van der Waals surface area (Å²) in [7, 11) is 0. The third-order valence-electron chi connectivity index (χ3n) is 1.87. The fraction of sp³-hybridized carbons (Fsp3) is 0.200. The van der Waals surface area contributed by atoms with Gasteiger partial charge in [0.15, 0.2) is 0 Å². The zero-order chi connectivity index (χ0) is 9.26. The van der Waals surface area contributed by atoms with Crippen molar-refractivity contribution in [2.45, 2.75) is 6.92 Å². The summed E-state index contributed by atoms with van der Waals surface area (Å²) in [5, 5.41) is 0. The number of carbonyl (C=O) groups is 1. The maximum atomic E-state index is 11.3. The highest BCUT2D eigenvalue weighted by Gasteiger charge is 2.22. The van der Waals surface area contributed by atoms with Gasteiger partial charge in [0.25, 0.3) is 5.91 Å². The molecule has 0 aromatic heterocycles. The van der Waals surface area contributed by atoms with E-state index in [-0.39, 0.29) is 5.91 Å². The monoisotopic (exact) mass is 175 g/mol. The first-order valence-corrected chi connectivity index (χ1v) is 4.18. The lowest BCUT2D eigenvalue weighted by Crippen LogP contribution is -2.03. The van der Waals surface area contributed by atoms with Gasteiger partial charge >= 0.3 is 0 Å². The van der Waals surface area contributed by atoms with Crippen molar-refractivity contribution in [3.8, 4) is 0 Å². The molecule has 0 aliphatic carbocycles. The molecule has 0 saturated carbocycles. The Morgan fingerprint density at radius 2 is 2.00 bits per heavy atom. The van der Waals surface area contributed by atoms with Gasteiger partial charge in [0.2, 0.25) is 5.90 Å². The van der Waals surface area contributed by atoms with E-state index >= 15 is 0 Å². The Morgan fingerprint density at radius 1 is 1.31 bits per heavy atom. The van der Waals surface area contributed by atoms with Crippen LogP contribution in [0.4, 0.5) is 0 Å². The van der Waals surface area contributed by atoms with E-state index in [0.29, 0.717) is 18.1 Å². The minimum Gasteiger partial charge on any atom is -0.477 e. The highest BCUT2D eigenvalue weighted by molar-refractivity contribution is 6.18. The molecule has 13 heavy (non-hydrogen) atoms. The third kappa shape index (κ3) is 1.22. The second-order valence-corrected chi connectivity index (χ2v) is 2.70. The molecule has 1 aromatic carbocycles. The molecule has 1 aliphatic heterocycles. The van der Waals surface area contributed by atoms with Crippen LogP contribution in [0.3, 0.4) is 0 Å². The molecule has 3 heteroatoms. The SMILES string of the molecule is CCOC1=NC(=O)c2ccccc21. The first kappa shape index (κ1) is 7.98. The standard InChI is InChI=1S/C10H9NO2/c1-2-13-10-8-6-4-3-5-7(8)9(12)11-10/h3-6H,2H2,1H3. The number of nitrogens with zero attached hydrogens (tertiary/aromatic N) is 1. The van der Waals surface area contributed by atoms with Crippen molar-refractivity contribution in [3.63, 3.8) is 0 Å². The number of aliphatic imine (C=N–C) groups is 1. The van der Waals surface area contributed by atoms with Crippen molar-refractivity contribution in [1.82, 2.24) is 0 Å². The lowest BCUT2D eigenvalue weighted by atomic mass is 10.1. The third-order valence-corrected chi connectivity index (χ3v) is 1.87. The van der Waals surface area contributed by atoms with Crippen molar-refractivity contribution < 1.29 is 9.53 Å². The Kier molecular flexibility index (Phi) is 1.85. The Morgan fingerprint density at radius 3 is 2.69 bits per heavy atom. The van der Waals surface area contributed by atoms with E-state index < -0.39 is 0 Å². The second kappa shape index (κ2) is 3.01. The Bertz CT molecular complexity index is 382. The van der Waals surface area contributed by atoms with Gasteiger partial charge in [0, 0.05) is 5.56 Å². The van der Waals surface area contributed by atoms with Crippen LogP contribution in [-0.2, 0) is 4.74 Å². The van der Waals surface area contributed by atoms with Crippen LogP contribution in [0.25, 0.3) is 0 Å². The van der Waals surface area contributed by atoms with E-state index in [4.69, 9.17) is 4.74 Å². The van der Waals surface area contributed by atoms with Gasteiger partial charge in [0.05, 0.1) is 12.2 Å². The van der Waals surface area contributed by atoms with Gasteiger partial charge in [-0.2, -0.15) is 4.99 Å². The van der Waals surface area contributed by atoms with Crippen molar-refractivity contribution in [3.05, 3.63) is 35.4 Å². The first-order valence-electron chi connectivity index (χ1n) is 4.18. The van der Waals surface area contributed by atoms with Gasteiger partial charge in [-0.25, -0.2) is 0 Å². The number of benzene rings is 1. The molecule has 0 radical (unpaired) electrons. The molecular weight excluding hydrogens is 166 g/mol. The summed E-state index contributed by atoms with van der Waals surface area (Å²) in [5.41, 5.74) is 1.43. The van der Waals surface area contributed by atoms with Crippen LogP contribution in [0.15, 0.2) is 29.3 Å². The summed E-state index contributed by atoms with van der Waals surface area (Å²) >= 11 is 0. The predicted octanol–water partition coefficient (Wildman–Crippen LogP) is 1.62. The molecule has 1 amide bonds. The number of hydrogen-bond acceptors (Lipinski definition) is 2. The minimum absolute atomic E-state index is 0.209. The maximum Gasteiger partial charge on any atom is 0.281 e. The van der Waals surface area contributed by atoms with E-state index in [9.17, 15) is 4.79 Å². The van der Waals surface area contributed by atoms with Crippen LogP contribution in [0.5, 0.6) is 0 Å². The van der Waals surface area contributed by atoms with Gasteiger partial charge < -0.3 is 4.74 Å². The van der Waals surface area contributed by atoms with E-state index in [0.717, 1.165) is 5.56 Å². The van der Waals surface area contributed by atoms with E-state index in [2.05, 4.69) is 4.99 Å². The maximum absolute atomic E-state index is 11.3. The molecule has 3 nitrogen and oxygen atoms in total. The average molecular weight is 175 g/mol. The van der Waals surface area contributed by atoms with Crippen LogP contribution in [0, 0.1) is 0 Å². The molecule has 2 rings (SSSR count). The molecule has 66 valence electrons. The number of fused-ring (bicyclic) bond motifs is 1. The van der Waals surface area contributed by atoms with E-state index in [1.807, 2.05) is 25.1 Å². The summed E-state index contributed by atoms with van der Waals surface area (Å²) in [4.78, 5) is 15.1. The van der Waals surface area contributed by atoms with Crippen LogP contribution in [-0.4, -0.2) is 18.4 Å². The van der Waals surface area contributed by atoms with E-state index in [1.54, 1.807) is 6.07 Å². The zero-order valence-corrected chi connectivity index (χ0v) is 7.28. The van der Waals surface area contributed by atoms with E-state index in [1.165, 1.54) is 0 Å². The summed E-state index contributed by atoms with van der Waals surface area (Å²) in [6, 6.07) is 7.29. The number of carbonyl (C=O) groups excluding carboxylic acids is 1. The van der Waals surface area contributed by atoms with Gasteiger partial charge in [-0.15, -0.1) is 0 Å². The topological polar surface area (TPSA) is 38.7 Å². The Labute approximate surface area is 76.1 Å². The molecule has 0 bridgehead atoms. The Hall–Kier alpha value is -1.64. The predicted molar refractivity (Wildman–Crippen MR) is 48.9 cm³/mol. The molecule has 1 aliphatic rings. The van der Waals surface area contributed by atoms with Gasteiger partial charge in [0.1, 0.15) is 0 Å². The van der Waals surface area contributed by atoms with Crippen LogP contribution in [0.1, 0.15) is 22.8 Å². The Balaban J connectivity index is 2.45. The molecule has 0 atom stereocenters. The molecule has 0 N–H and O–H groups in total. The fourth-order valence-corrected chi connectivity index (χ4v) is 1.32. The highest BCUT2D eigenvalue weighted by Crippen LogP contribution is 2.18. The molecule has 0 spiro atoms. The fourth-order valence-electron chi connectivity index (χ4n) is 1.32. The van der Waals surface area contributed by atoms with Crippen molar-refractivity contribution >= 4 is 11.8 Å². The number of rotatable bonds is 1. The van der Waals surface area contributed by atoms with Gasteiger partial charge in [-0.3, -0.25) is 4.79 Å². The number of amides is 1. The largest absolute Gasteiger partial charge is 0.477 e. The smallest absolute Gasteiger partial charge is 0.281 e. The molecule has 1 aromatic rings. The summed E-state index contributed by atoms with van der Waals surface area (Å²) in [6.07, 6.45) is 0. The lowest BCUT2D eigenvalue weighted by Gasteiger charge is -2.01. The normalized spacial score (nSPS) is 13.9. The van der Waals surface area contributed by atoms with Gasteiger partial charge in [-0.1, -0.05) is 12.1 Å². The van der Waals surface area contributed by atoms with Gasteiger partial charge in [-0.05, 0) is 19.1 Å². The number of ether oxygens (including phenoxy) is 1. The highest BCUT2D eigenvalue weighted by atomic mass is 16.5. The molecule has 0 saturated heterocycles. The zero-order valence-electron chi connectivity index (χ0n) is 7.28. The van der Waals surface area contributed by atoms with Crippen LogP contribution < -0.4 is 0 Å².